The van der Waals surface area contributed by atoms with E-state index in [4.69, 9.17) is 0 Å². The fraction of sp³-hybridized carbons (Fsp3) is 0.0667. The topological polar surface area (TPSA) is 101 Å². The molecule has 22 heavy (non-hydrogen) atoms. The van der Waals surface area contributed by atoms with Crippen LogP contribution in [-0.4, -0.2) is 23.8 Å². The number of anilines is 1. The highest BCUT2D eigenvalue weighted by Crippen LogP contribution is 2.16. The van der Waals surface area contributed by atoms with E-state index in [9.17, 15) is 19.7 Å². The summed E-state index contributed by atoms with van der Waals surface area (Å²) in [6, 6.07) is 11.8. The number of nitrogens with one attached hydrogen (secondary N) is 2. The van der Waals surface area contributed by atoms with Crippen molar-refractivity contribution in [2.45, 2.75) is 0 Å². The predicted octanol–water partition coefficient (Wildman–Crippen LogP) is 2.21. The number of carbonyl (C=O) groups is 2. The van der Waals surface area contributed by atoms with Crippen molar-refractivity contribution in [3.8, 4) is 0 Å². The SMILES string of the molecule is CNC(=O)c1cccc(NC(=O)c2cccc([N+](=O)[O-])c2)c1. The Hall–Kier alpha value is -3.22. The van der Waals surface area contributed by atoms with Crippen molar-refractivity contribution in [2.24, 2.45) is 0 Å². The first-order valence-electron chi connectivity index (χ1n) is 6.39. The third-order valence-corrected chi connectivity index (χ3v) is 2.93. The van der Waals surface area contributed by atoms with Crippen molar-refractivity contribution in [1.82, 2.24) is 5.32 Å². The van der Waals surface area contributed by atoms with Gasteiger partial charge in [-0.25, -0.2) is 0 Å². The number of hydrogen-bond donors (Lipinski definition) is 2. The van der Waals surface area contributed by atoms with E-state index in [-0.39, 0.29) is 17.2 Å². The van der Waals surface area contributed by atoms with E-state index in [1.807, 2.05) is 0 Å². The molecule has 0 aliphatic rings. The van der Waals surface area contributed by atoms with Crippen LogP contribution >= 0.6 is 0 Å². The van der Waals surface area contributed by atoms with Gasteiger partial charge in [0, 0.05) is 36.0 Å². The summed E-state index contributed by atoms with van der Waals surface area (Å²) in [4.78, 5) is 33.8. The van der Waals surface area contributed by atoms with Gasteiger partial charge < -0.3 is 10.6 Å². The second-order valence-corrected chi connectivity index (χ2v) is 4.42. The fourth-order valence-corrected chi connectivity index (χ4v) is 1.85. The maximum atomic E-state index is 12.1. The molecule has 2 rings (SSSR count). The minimum atomic E-state index is -0.566. The molecule has 2 aromatic rings. The van der Waals surface area contributed by atoms with Crippen LogP contribution in [0.15, 0.2) is 48.5 Å². The standard InChI is InChI=1S/C15H13N3O4/c1-16-14(19)10-4-2-6-12(8-10)17-15(20)11-5-3-7-13(9-11)18(21)22/h2-9H,1H3,(H,16,19)(H,17,20). The summed E-state index contributed by atoms with van der Waals surface area (Å²) in [6.45, 7) is 0. The van der Waals surface area contributed by atoms with Crippen molar-refractivity contribution in [3.63, 3.8) is 0 Å². The molecule has 2 aromatic carbocycles. The monoisotopic (exact) mass is 299 g/mol. The Morgan fingerprint density at radius 3 is 2.27 bits per heavy atom. The number of hydrogen-bond acceptors (Lipinski definition) is 4. The number of non-ortho nitro benzene ring substituents is 1. The molecule has 0 radical (unpaired) electrons. The van der Waals surface area contributed by atoms with Crippen LogP contribution < -0.4 is 10.6 Å². The fourth-order valence-electron chi connectivity index (χ4n) is 1.85. The van der Waals surface area contributed by atoms with Gasteiger partial charge in [0.15, 0.2) is 0 Å². The zero-order valence-electron chi connectivity index (χ0n) is 11.7. The first-order chi connectivity index (χ1) is 10.5. The average molecular weight is 299 g/mol. The van der Waals surface area contributed by atoms with E-state index in [0.29, 0.717) is 11.3 Å². The molecule has 0 fully saturated rings. The van der Waals surface area contributed by atoms with E-state index in [1.54, 1.807) is 18.2 Å². The van der Waals surface area contributed by atoms with Crippen molar-refractivity contribution in [2.75, 3.05) is 12.4 Å². The molecule has 2 amide bonds. The molecule has 0 bridgehead atoms. The third kappa shape index (κ3) is 3.45. The van der Waals surface area contributed by atoms with E-state index >= 15 is 0 Å². The average Bonchev–Trinajstić information content (AvgIpc) is 2.54. The number of nitro groups is 1. The highest BCUT2D eigenvalue weighted by Gasteiger charge is 2.12. The normalized spacial score (nSPS) is 9.86. The Bertz CT molecular complexity index is 743. The second-order valence-electron chi connectivity index (χ2n) is 4.42. The van der Waals surface area contributed by atoms with Crippen LogP contribution in [0.1, 0.15) is 20.7 Å². The summed E-state index contributed by atoms with van der Waals surface area (Å²) in [6.07, 6.45) is 0. The second kappa shape index (κ2) is 6.49. The van der Waals surface area contributed by atoms with Gasteiger partial charge in [0.25, 0.3) is 17.5 Å². The summed E-state index contributed by atoms with van der Waals surface area (Å²) in [5.74, 6) is -0.760. The molecule has 0 aromatic heterocycles. The van der Waals surface area contributed by atoms with Crippen molar-refractivity contribution in [1.29, 1.82) is 0 Å². The molecule has 0 atom stereocenters. The Balaban J connectivity index is 2.20. The van der Waals surface area contributed by atoms with Crippen LogP contribution in [0.4, 0.5) is 11.4 Å². The molecule has 0 spiro atoms. The smallest absolute Gasteiger partial charge is 0.270 e. The van der Waals surface area contributed by atoms with Gasteiger partial charge in [-0.3, -0.25) is 19.7 Å². The van der Waals surface area contributed by atoms with E-state index < -0.39 is 10.8 Å². The highest BCUT2D eigenvalue weighted by molar-refractivity contribution is 6.05. The minimum absolute atomic E-state index is 0.160. The lowest BCUT2D eigenvalue weighted by molar-refractivity contribution is -0.384. The summed E-state index contributed by atoms with van der Waals surface area (Å²) in [5, 5.41) is 15.8. The number of nitro benzene ring substituents is 1. The van der Waals surface area contributed by atoms with Gasteiger partial charge in [-0.1, -0.05) is 12.1 Å². The first-order valence-corrected chi connectivity index (χ1v) is 6.39. The molecule has 0 aliphatic carbocycles. The Kier molecular flexibility index (Phi) is 4.47. The zero-order valence-corrected chi connectivity index (χ0v) is 11.7. The Morgan fingerprint density at radius 1 is 1.00 bits per heavy atom. The van der Waals surface area contributed by atoms with E-state index in [0.717, 1.165) is 0 Å². The van der Waals surface area contributed by atoms with Gasteiger partial charge in [0.1, 0.15) is 0 Å². The molecule has 7 heteroatoms. The van der Waals surface area contributed by atoms with Crippen molar-refractivity contribution >= 4 is 23.2 Å². The van der Waals surface area contributed by atoms with Gasteiger partial charge in [0.05, 0.1) is 4.92 Å². The zero-order chi connectivity index (χ0) is 16.1. The summed E-state index contributed by atoms with van der Waals surface area (Å²) in [5.41, 5.74) is 0.836. The van der Waals surface area contributed by atoms with Gasteiger partial charge in [-0.15, -0.1) is 0 Å². The van der Waals surface area contributed by atoms with Gasteiger partial charge in [-0.05, 0) is 24.3 Å². The van der Waals surface area contributed by atoms with Crippen LogP contribution in [0, 0.1) is 10.1 Å². The molecule has 0 saturated carbocycles. The molecule has 112 valence electrons. The minimum Gasteiger partial charge on any atom is -0.355 e. The molecule has 0 saturated heterocycles. The van der Waals surface area contributed by atoms with E-state index in [2.05, 4.69) is 10.6 Å². The van der Waals surface area contributed by atoms with E-state index in [1.165, 1.54) is 37.4 Å². The van der Waals surface area contributed by atoms with Crippen LogP contribution in [0.3, 0.4) is 0 Å². The van der Waals surface area contributed by atoms with Gasteiger partial charge >= 0.3 is 0 Å². The number of amides is 2. The molecule has 0 unspecified atom stereocenters. The van der Waals surface area contributed by atoms with Crippen molar-refractivity contribution in [3.05, 3.63) is 69.8 Å². The lowest BCUT2D eigenvalue weighted by Crippen LogP contribution is -2.18. The lowest BCUT2D eigenvalue weighted by Gasteiger charge is -2.07. The summed E-state index contributed by atoms with van der Waals surface area (Å²) in [7, 11) is 1.51. The number of nitrogens with zero attached hydrogens (tertiary/aromatic N) is 1. The Morgan fingerprint density at radius 2 is 1.64 bits per heavy atom. The maximum Gasteiger partial charge on any atom is 0.270 e. The first kappa shape index (κ1) is 15.2. The van der Waals surface area contributed by atoms with Gasteiger partial charge in [-0.2, -0.15) is 0 Å². The van der Waals surface area contributed by atoms with Crippen LogP contribution in [0.5, 0.6) is 0 Å². The summed E-state index contributed by atoms with van der Waals surface area (Å²) < 4.78 is 0. The predicted molar refractivity (Wildman–Crippen MR) is 80.9 cm³/mol. The molecule has 0 heterocycles. The molecular formula is C15H13N3O4. The van der Waals surface area contributed by atoms with Crippen LogP contribution in [0.2, 0.25) is 0 Å². The third-order valence-electron chi connectivity index (χ3n) is 2.93. The van der Waals surface area contributed by atoms with Crippen molar-refractivity contribution < 1.29 is 14.5 Å². The Labute approximate surface area is 126 Å². The van der Waals surface area contributed by atoms with Crippen LogP contribution in [-0.2, 0) is 0 Å². The maximum absolute atomic E-state index is 12.1. The quantitative estimate of drug-likeness (QED) is 0.667. The van der Waals surface area contributed by atoms with Gasteiger partial charge in [0.2, 0.25) is 0 Å². The molecular weight excluding hydrogens is 286 g/mol. The number of rotatable bonds is 4. The summed E-state index contributed by atoms with van der Waals surface area (Å²) >= 11 is 0. The molecule has 7 nitrogen and oxygen atoms in total. The molecule has 2 N–H and O–H groups in total. The molecule has 0 aliphatic heterocycles. The lowest BCUT2D eigenvalue weighted by atomic mass is 10.1. The largest absolute Gasteiger partial charge is 0.355 e. The number of carbonyl (C=O) groups excluding carboxylic acids is 2. The van der Waals surface area contributed by atoms with Crippen LogP contribution in [0.25, 0.3) is 0 Å². The number of benzene rings is 2. The highest BCUT2D eigenvalue weighted by atomic mass is 16.6.